The fraction of sp³-hybridized carbons (Fsp3) is 0.450. The highest BCUT2D eigenvalue weighted by atomic mass is 35.5. The molecule has 0 spiro atoms. The summed E-state index contributed by atoms with van der Waals surface area (Å²) in [5.41, 5.74) is 0. The van der Waals surface area contributed by atoms with Crippen molar-refractivity contribution in [2.75, 3.05) is 32.8 Å². The molecule has 0 bridgehead atoms. The van der Waals surface area contributed by atoms with Crippen LogP contribution in [0.3, 0.4) is 0 Å². The average molecular weight is 409 g/mol. The van der Waals surface area contributed by atoms with Crippen LogP contribution in [0.2, 0.25) is 5.02 Å². The van der Waals surface area contributed by atoms with E-state index in [0.29, 0.717) is 24.7 Å². The molecular formula is C20H25ClN2O3S. The largest absolute Gasteiger partial charge is 0.492 e. The molecule has 1 N–H and O–H groups in total. The molecule has 7 heteroatoms. The van der Waals surface area contributed by atoms with Crippen LogP contribution in [-0.2, 0) is 16.1 Å². The molecule has 0 aliphatic carbocycles. The molecule has 1 aromatic carbocycles. The van der Waals surface area contributed by atoms with Crippen molar-refractivity contribution < 1.29 is 14.3 Å². The monoisotopic (exact) mass is 408 g/mol. The van der Waals surface area contributed by atoms with Gasteiger partial charge in [-0.1, -0.05) is 17.7 Å². The third kappa shape index (κ3) is 7.14. The third-order valence-corrected chi connectivity index (χ3v) is 5.43. The minimum atomic E-state index is 0.00394. The van der Waals surface area contributed by atoms with Gasteiger partial charge in [0.2, 0.25) is 5.91 Å². The van der Waals surface area contributed by atoms with Crippen molar-refractivity contribution >= 4 is 28.8 Å². The Balaban J connectivity index is 1.41. The number of thiophene rings is 1. The highest BCUT2D eigenvalue weighted by molar-refractivity contribution is 7.09. The summed E-state index contributed by atoms with van der Waals surface area (Å²) in [5.74, 6) is 0.746. The molecular weight excluding hydrogens is 384 g/mol. The predicted octanol–water partition coefficient (Wildman–Crippen LogP) is 3.58. The quantitative estimate of drug-likeness (QED) is 0.610. The van der Waals surface area contributed by atoms with E-state index < -0.39 is 0 Å². The number of rotatable bonds is 10. The van der Waals surface area contributed by atoms with Crippen LogP contribution >= 0.6 is 22.9 Å². The molecule has 2 aromatic rings. The van der Waals surface area contributed by atoms with Crippen LogP contribution in [0.4, 0.5) is 0 Å². The number of carbonyl (C=O) groups is 1. The van der Waals surface area contributed by atoms with E-state index in [1.54, 1.807) is 23.5 Å². The predicted molar refractivity (Wildman–Crippen MR) is 109 cm³/mol. The lowest BCUT2D eigenvalue weighted by Gasteiger charge is -2.24. The van der Waals surface area contributed by atoms with Crippen LogP contribution in [0.25, 0.3) is 0 Å². The fourth-order valence-electron chi connectivity index (χ4n) is 3.03. The van der Waals surface area contributed by atoms with E-state index in [9.17, 15) is 4.79 Å². The maximum absolute atomic E-state index is 12.3. The minimum absolute atomic E-state index is 0.00394. The van der Waals surface area contributed by atoms with Gasteiger partial charge in [0.1, 0.15) is 12.4 Å². The van der Waals surface area contributed by atoms with Crippen molar-refractivity contribution in [1.82, 2.24) is 10.2 Å². The van der Waals surface area contributed by atoms with Gasteiger partial charge in [0.15, 0.2) is 0 Å². The first-order chi connectivity index (χ1) is 13.2. The zero-order chi connectivity index (χ0) is 18.9. The first-order valence-corrected chi connectivity index (χ1v) is 10.5. The number of carbonyl (C=O) groups excluding carboxylic acids is 1. The summed E-state index contributed by atoms with van der Waals surface area (Å²) in [6.07, 6.45) is 2.40. The second-order valence-corrected chi connectivity index (χ2v) is 8.01. The van der Waals surface area contributed by atoms with Gasteiger partial charge in [-0.15, -0.1) is 11.3 Å². The number of hydrogen-bond acceptors (Lipinski definition) is 5. The van der Waals surface area contributed by atoms with Gasteiger partial charge in [0, 0.05) is 29.6 Å². The lowest BCUT2D eigenvalue weighted by molar-refractivity contribution is -0.122. The van der Waals surface area contributed by atoms with Crippen molar-refractivity contribution in [1.29, 1.82) is 0 Å². The third-order valence-electron chi connectivity index (χ3n) is 4.32. The van der Waals surface area contributed by atoms with Gasteiger partial charge in [0.25, 0.3) is 0 Å². The van der Waals surface area contributed by atoms with Crippen LogP contribution in [0.1, 0.15) is 17.7 Å². The first-order valence-electron chi connectivity index (χ1n) is 9.20. The summed E-state index contributed by atoms with van der Waals surface area (Å²) in [5, 5.41) is 5.67. The number of ether oxygens (including phenoxy) is 2. The number of nitrogens with zero attached hydrogens (tertiary/aromatic N) is 1. The van der Waals surface area contributed by atoms with E-state index in [2.05, 4.69) is 21.7 Å². The second kappa shape index (κ2) is 10.7. The van der Waals surface area contributed by atoms with Crippen molar-refractivity contribution in [3.05, 3.63) is 51.7 Å². The zero-order valence-corrected chi connectivity index (χ0v) is 16.8. The van der Waals surface area contributed by atoms with Gasteiger partial charge in [-0.25, -0.2) is 0 Å². The van der Waals surface area contributed by atoms with Gasteiger partial charge in [-0.05, 0) is 48.6 Å². The van der Waals surface area contributed by atoms with E-state index in [1.165, 1.54) is 4.88 Å². The Hall–Kier alpha value is -1.60. The Morgan fingerprint density at radius 2 is 2.19 bits per heavy atom. The Kier molecular flexibility index (Phi) is 7.95. The molecule has 0 radical (unpaired) electrons. The molecule has 27 heavy (non-hydrogen) atoms. The van der Waals surface area contributed by atoms with Crippen LogP contribution < -0.4 is 10.1 Å². The highest BCUT2D eigenvalue weighted by Crippen LogP contribution is 2.17. The normalized spacial score (nSPS) is 16.6. The van der Waals surface area contributed by atoms with Gasteiger partial charge < -0.3 is 14.8 Å². The SMILES string of the molecule is O=C(CN(Cc1cccs1)CC1CCCO1)NCCOc1ccc(Cl)cc1. The Labute approximate surface area is 169 Å². The molecule has 1 aliphatic rings. The minimum Gasteiger partial charge on any atom is -0.492 e. The molecule has 2 heterocycles. The van der Waals surface area contributed by atoms with Gasteiger partial charge >= 0.3 is 0 Å². The molecule has 1 aliphatic heterocycles. The summed E-state index contributed by atoms with van der Waals surface area (Å²) < 4.78 is 11.3. The van der Waals surface area contributed by atoms with E-state index >= 15 is 0 Å². The van der Waals surface area contributed by atoms with Crippen molar-refractivity contribution in [2.45, 2.75) is 25.5 Å². The Bertz CT molecular complexity index is 688. The maximum Gasteiger partial charge on any atom is 0.234 e. The standard InChI is InChI=1S/C20H25ClN2O3S/c21-16-5-7-17(8-6-16)26-11-9-22-20(24)15-23(13-18-3-1-10-25-18)14-19-4-2-12-27-19/h2,4-8,12,18H,1,3,9-11,13-15H2,(H,22,24). The number of amides is 1. The molecule has 1 saturated heterocycles. The van der Waals surface area contributed by atoms with E-state index in [0.717, 1.165) is 38.3 Å². The molecule has 1 amide bonds. The topological polar surface area (TPSA) is 50.8 Å². The van der Waals surface area contributed by atoms with Gasteiger partial charge in [-0.2, -0.15) is 0 Å². The van der Waals surface area contributed by atoms with Crippen molar-refractivity contribution in [2.24, 2.45) is 0 Å². The van der Waals surface area contributed by atoms with E-state index in [1.807, 2.05) is 18.2 Å². The Morgan fingerprint density at radius 3 is 2.89 bits per heavy atom. The average Bonchev–Trinajstić information content (AvgIpc) is 3.34. The van der Waals surface area contributed by atoms with Gasteiger partial charge in [0.05, 0.1) is 19.2 Å². The summed E-state index contributed by atoms with van der Waals surface area (Å²) in [6, 6.07) is 11.3. The van der Waals surface area contributed by atoms with Crippen molar-refractivity contribution in [3.63, 3.8) is 0 Å². The smallest absolute Gasteiger partial charge is 0.234 e. The molecule has 1 fully saturated rings. The summed E-state index contributed by atoms with van der Waals surface area (Å²) in [7, 11) is 0. The lowest BCUT2D eigenvalue weighted by atomic mass is 10.2. The number of hydrogen-bond donors (Lipinski definition) is 1. The van der Waals surface area contributed by atoms with Crippen LogP contribution in [0.15, 0.2) is 41.8 Å². The van der Waals surface area contributed by atoms with Gasteiger partial charge in [-0.3, -0.25) is 9.69 Å². The summed E-state index contributed by atoms with van der Waals surface area (Å²) in [4.78, 5) is 15.8. The van der Waals surface area contributed by atoms with Crippen LogP contribution in [0, 0.1) is 0 Å². The highest BCUT2D eigenvalue weighted by Gasteiger charge is 2.21. The molecule has 1 atom stereocenters. The molecule has 0 saturated carbocycles. The number of nitrogens with one attached hydrogen (secondary N) is 1. The lowest BCUT2D eigenvalue weighted by Crippen LogP contribution is -2.41. The van der Waals surface area contributed by atoms with Crippen LogP contribution in [0.5, 0.6) is 5.75 Å². The van der Waals surface area contributed by atoms with E-state index in [-0.39, 0.29) is 12.0 Å². The zero-order valence-electron chi connectivity index (χ0n) is 15.2. The number of halogens is 1. The fourth-order valence-corrected chi connectivity index (χ4v) is 3.91. The first kappa shape index (κ1) is 20.1. The summed E-state index contributed by atoms with van der Waals surface area (Å²) >= 11 is 7.56. The molecule has 5 nitrogen and oxygen atoms in total. The van der Waals surface area contributed by atoms with E-state index in [4.69, 9.17) is 21.1 Å². The summed E-state index contributed by atoms with van der Waals surface area (Å²) in [6.45, 7) is 3.63. The molecule has 1 unspecified atom stereocenters. The number of benzene rings is 1. The Morgan fingerprint density at radius 1 is 1.33 bits per heavy atom. The molecule has 1 aromatic heterocycles. The molecule has 3 rings (SSSR count). The maximum atomic E-state index is 12.3. The second-order valence-electron chi connectivity index (χ2n) is 6.54. The molecule has 146 valence electrons. The van der Waals surface area contributed by atoms with Crippen molar-refractivity contribution in [3.8, 4) is 5.75 Å². The van der Waals surface area contributed by atoms with Crippen LogP contribution in [-0.4, -0.2) is 49.8 Å².